The Morgan fingerprint density at radius 1 is 0.800 bits per heavy atom. The van der Waals surface area contributed by atoms with Crippen molar-refractivity contribution in [2.75, 3.05) is 39.2 Å². The van der Waals surface area contributed by atoms with Gasteiger partial charge < -0.3 is 39.2 Å². The number of nitrogens with zero attached hydrogens (tertiary/aromatic N) is 4. The maximum absolute atomic E-state index is 15.1. The summed E-state index contributed by atoms with van der Waals surface area (Å²) in [6.45, 7) is 17.6. The number of nitrogens with one attached hydrogen (secondary N) is 3. The zero-order chi connectivity index (χ0) is 48.1. The van der Waals surface area contributed by atoms with E-state index in [1.807, 2.05) is 81.4 Å². The van der Waals surface area contributed by atoms with Gasteiger partial charge in [-0.1, -0.05) is 65.9 Å². The maximum atomic E-state index is 15.1. The Bertz CT molecular complexity index is 2220. The Labute approximate surface area is 386 Å². The minimum absolute atomic E-state index is 0.00218. The number of hydrogen-bond acceptors (Lipinski definition) is 12. The molecule has 17 nitrogen and oxygen atoms in total. The topological polar surface area (TPSA) is 190 Å². The normalized spacial score (nSPS) is 12.7. The standard InChI is InChI=1S/C47H65N7O10S/c1-13-61-38(60-12)30-53(28-33-20-17-21-36-39(33)50-41(65-36)51-43(58)63-46(5,6)7)40(56)35(26-31-22-24-34(25-23-31)62-45(2,3)4)49-37(55)29-54(44(59)64-47(8,9)10)52(11)42(57)48-27-32-18-15-14-16-19-32/h14-25,35,38H,13,26-30H2,1-12H3,(H,48,57)(H,49,55)(H,50,51,58)/t35-,38?/m0/s1. The van der Waals surface area contributed by atoms with E-state index in [1.165, 1.54) is 30.4 Å². The molecule has 0 aliphatic rings. The highest BCUT2D eigenvalue weighted by Crippen LogP contribution is 2.30. The fourth-order valence-corrected chi connectivity index (χ4v) is 7.16. The van der Waals surface area contributed by atoms with Gasteiger partial charge in [0.05, 0.1) is 16.8 Å². The number of hydrogen-bond donors (Lipinski definition) is 3. The first kappa shape index (κ1) is 51.7. The SMILES string of the molecule is CCOC(CN(Cc1cccc2sc(NC(=O)OC(C)(C)C)nc12)C(=O)[C@H](Cc1ccc(OC(C)(C)C)cc1)NC(=O)CN(C(=O)OC(C)(C)C)N(C)C(=O)NCc1ccccc1)OC. The Morgan fingerprint density at radius 3 is 2.06 bits per heavy atom. The summed E-state index contributed by atoms with van der Waals surface area (Å²) in [5.74, 6) is -0.641. The number of fused-ring (bicyclic) bond motifs is 1. The number of rotatable bonds is 17. The minimum atomic E-state index is -1.22. The molecule has 6 amide bonds. The van der Waals surface area contributed by atoms with Crippen molar-refractivity contribution >= 4 is 56.7 Å². The molecular formula is C47H65N7O10S. The van der Waals surface area contributed by atoms with Gasteiger partial charge in [-0.3, -0.25) is 14.9 Å². The summed E-state index contributed by atoms with van der Waals surface area (Å²) >= 11 is 1.25. The number of hydrazine groups is 1. The Morgan fingerprint density at radius 2 is 1.46 bits per heavy atom. The first-order chi connectivity index (χ1) is 30.4. The molecule has 2 atom stereocenters. The van der Waals surface area contributed by atoms with Crippen molar-refractivity contribution in [2.45, 2.75) is 118 Å². The lowest BCUT2D eigenvalue weighted by atomic mass is 10.0. The van der Waals surface area contributed by atoms with Crippen LogP contribution in [0.5, 0.6) is 5.75 Å². The molecule has 0 bridgehead atoms. The Kier molecular flexibility index (Phi) is 18.1. The third-order valence-corrected chi connectivity index (χ3v) is 9.97. The second-order valence-corrected chi connectivity index (χ2v) is 19.2. The predicted molar refractivity (Wildman–Crippen MR) is 249 cm³/mol. The van der Waals surface area contributed by atoms with Gasteiger partial charge in [0, 0.05) is 40.3 Å². The van der Waals surface area contributed by atoms with Crippen LogP contribution in [0, 0.1) is 0 Å². The third-order valence-electron chi connectivity index (χ3n) is 9.03. The van der Waals surface area contributed by atoms with Gasteiger partial charge in [-0.25, -0.2) is 29.4 Å². The van der Waals surface area contributed by atoms with Gasteiger partial charge in [0.2, 0.25) is 11.8 Å². The lowest BCUT2D eigenvalue weighted by Gasteiger charge is -2.34. The summed E-state index contributed by atoms with van der Waals surface area (Å²) in [5.41, 5.74) is 0.556. The molecule has 0 aliphatic heterocycles. The second kappa shape index (κ2) is 22.8. The van der Waals surface area contributed by atoms with E-state index in [-0.39, 0.29) is 32.7 Å². The molecule has 1 unspecified atom stereocenters. The third kappa shape index (κ3) is 17.2. The van der Waals surface area contributed by atoms with Crippen molar-refractivity contribution in [1.29, 1.82) is 0 Å². The van der Waals surface area contributed by atoms with Crippen molar-refractivity contribution < 1.29 is 47.7 Å². The number of methoxy groups -OCH3 is 1. The van der Waals surface area contributed by atoms with E-state index < -0.39 is 65.7 Å². The van der Waals surface area contributed by atoms with Crippen LogP contribution in [0.25, 0.3) is 10.2 Å². The largest absolute Gasteiger partial charge is 0.488 e. The molecule has 3 N–H and O–H groups in total. The van der Waals surface area contributed by atoms with E-state index in [0.717, 1.165) is 20.3 Å². The number of amides is 6. The van der Waals surface area contributed by atoms with Crippen LogP contribution in [0.1, 0.15) is 85.9 Å². The predicted octanol–water partition coefficient (Wildman–Crippen LogP) is 7.88. The lowest BCUT2D eigenvalue weighted by molar-refractivity contribution is -0.154. The zero-order valence-corrected chi connectivity index (χ0v) is 40.4. The van der Waals surface area contributed by atoms with Crippen LogP contribution in [0.3, 0.4) is 0 Å². The van der Waals surface area contributed by atoms with Gasteiger partial charge in [-0.2, -0.15) is 0 Å². The molecule has 0 fully saturated rings. The quantitative estimate of drug-likeness (QED) is 0.0690. The molecule has 3 aromatic carbocycles. The van der Waals surface area contributed by atoms with Gasteiger partial charge in [0.15, 0.2) is 11.4 Å². The van der Waals surface area contributed by atoms with Crippen LogP contribution < -0.4 is 20.7 Å². The molecule has 1 aromatic heterocycles. The molecule has 0 saturated heterocycles. The fraction of sp³-hybridized carbons (Fsp3) is 0.489. The fourth-order valence-electron chi connectivity index (χ4n) is 6.26. The molecule has 0 aliphatic carbocycles. The van der Waals surface area contributed by atoms with E-state index >= 15 is 4.79 Å². The number of para-hydroxylation sites is 1. The number of anilines is 1. The highest BCUT2D eigenvalue weighted by atomic mass is 32.1. The van der Waals surface area contributed by atoms with Crippen LogP contribution in [0.15, 0.2) is 72.8 Å². The van der Waals surface area contributed by atoms with Crippen molar-refractivity contribution in [2.24, 2.45) is 0 Å². The van der Waals surface area contributed by atoms with Crippen LogP contribution in [-0.2, 0) is 48.0 Å². The molecule has 354 valence electrons. The van der Waals surface area contributed by atoms with E-state index in [4.69, 9.17) is 28.7 Å². The number of aromatic nitrogens is 1. The molecule has 0 spiro atoms. The second-order valence-electron chi connectivity index (χ2n) is 18.1. The van der Waals surface area contributed by atoms with Gasteiger partial charge in [-0.05, 0) is 104 Å². The lowest BCUT2D eigenvalue weighted by Crippen LogP contribution is -2.57. The van der Waals surface area contributed by atoms with E-state index in [9.17, 15) is 19.2 Å². The molecule has 1 heterocycles. The highest BCUT2D eigenvalue weighted by molar-refractivity contribution is 7.22. The van der Waals surface area contributed by atoms with Crippen molar-refractivity contribution in [3.63, 3.8) is 0 Å². The summed E-state index contributed by atoms with van der Waals surface area (Å²) in [4.78, 5) is 75.3. The summed E-state index contributed by atoms with van der Waals surface area (Å²) in [6, 6.07) is 20.0. The van der Waals surface area contributed by atoms with E-state index in [1.54, 1.807) is 60.6 Å². The smallest absolute Gasteiger partial charge is 0.429 e. The molecule has 18 heteroatoms. The molecule has 4 aromatic rings. The summed E-state index contributed by atoms with van der Waals surface area (Å²) in [5, 5.41) is 10.5. The number of ether oxygens (including phenoxy) is 5. The summed E-state index contributed by atoms with van der Waals surface area (Å²) in [6.07, 6.45) is -2.44. The molecule has 0 saturated carbocycles. The Hall–Kier alpha value is -5.98. The van der Waals surface area contributed by atoms with Crippen LogP contribution in [-0.4, -0.2) is 113 Å². The van der Waals surface area contributed by atoms with Gasteiger partial charge in [0.25, 0.3) is 0 Å². The van der Waals surface area contributed by atoms with Crippen molar-refractivity contribution in [3.05, 3.63) is 89.5 Å². The Balaban J connectivity index is 1.71. The van der Waals surface area contributed by atoms with Crippen LogP contribution in [0.2, 0.25) is 0 Å². The number of carbonyl (C=O) groups is 5. The maximum Gasteiger partial charge on any atom is 0.429 e. The molecule has 4 rings (SSSR count). The minimum Gasteiger partial charge on any atom is -0.488 e. The monoisotopic (exact) mass is 919 g/mol. The van der Waals surface area contributed by atoms with Crippen LogP contribution in [0.4, 0.5) is 19.5 Å². The van der Waals surface area contributed by atoms with Crippen molar-refractivity contribution in [1.82, 2.24) is 30.5 Å². The van der Waals surface area contributed by atoms with Gasteiger partial charge >= 0.3 is 18.2 Å². The van der Waals surface area contributed by atoms with Gasteiger partial charge in [-0.15, -0.1) is 0 Å². The zero-order valence-electron chi connectivity index (χ0n) is 39.6. The van der Waals surface area contributed by atoms with E-state index in [2.05, 4.69) is 16.0 Å². The summed E-state index contributed by atoms with van der Waals surface area (Å²) < 4.78 is 29.3. The first-order valence-corrected chi connectivity index (χ1v) is 22.2. The highest BCUT2D eigenvalue weighted by Gasteiger charge is 2.34. The number of urea groups is 1. The average molecular weight is 920 g/mol. The number of benzene rings is 3. The van der Waals surface area contributed by atoms with Gasteiger partial charge in [0.1, 0.15) is 35.1 Å². The van der Waals surface area contributed by atoms with Crippen molar-refractivity contribution in [3.8, 4) is 5.75 Å². The summed E-state index contributed by atoms with van der Waals surface area (Å²) in [7, 11) is 2.81. The molecular weight excluding hydrogens is 855 g/mol. The van der Waals surface area contributed by atoms with Crippen LogP contribution >= 0.6 is 11.3 Å². The molecule has 65 heavy (non-hydrogen) atoms. The first-order valence-electron chi connectivity index (χ1n) is 21.4. The average Bonchev–Trinajstić information content (AvgIpc) is 3.62. The molecule has 0 radical (unpaired) electrons. The number of thiazole rings is 1. The number of carbonyl (C=O) groups excluding carboxylic acids is 5. The van der Waals surface area contributed by atoms with E-state index in [0.29, 0.717) is 27.5 Å².